The van der Waals surface area contributed by atoms with Crippen LogP contribution in [0.15, 0.2) is 9.52 Å². The van der Waals surface area contributed by atoms with Crippen molar-refractivity contribution in [3.05, 3.63) is 17.0 Å². The summed E-state index contributed by atoms with van der Waals surface area (Å²) in [5, 5.41) is 10.9. The number of hydrogen-bond acceptors (Lipinski definition) is 4. The molecule has 0 amide bonds. The monoisotopic (exact) mass is 478 g/mol. The maximum Gasteiger partial charge on any atom is 0.190 e. The van der Waals surface area contributed by atoms with E-state index in [0.717, 1.165) is 50.0 Å². The van der Waals surface area contributed by atoms with Gasteiger partial charge in [0.25, 0.3) is 0 Å². The van der Waals surface area contributed by atoms with Crippen LogP contribution >= 0.6 is 24.0 Å². The Balaban J connectivity index is 0.00000338. The first-order valence-corrected chi connectivity index (χ1v) is 9.30. The highest BCUT2D eigenvalue weighted by Gasteiger charge is 2.35. The summed E-state index contributed by atoms with van der Waals surface area (Å²) < 4.78 is 11.3. The van der Waals surface area contributed by atoms with Gasteiger partial charge in [-0.15, -0.1) is 24.0 Å². The molecule has 1 aliphatic heterocycles. The summed E-state index contributed by atoms with van der Waals surface area (Å²) in [6.45, 7) is 13.3. The number of aryl methyl sites for hydroxylation is 2. The standard InChI is InChI=1S/C19H34N4O2.HI/c1-13-16(14(2)25-23-13)9-10-21-18(20-6)22-12-15-8-7-11-24-17(15)19(3,4)5;/h15,17H,7-12H2,1-6H3,(H2,20,21,22);1H. The van der Waals surface area contributed by atoms with Crippen molar-refractivity contribution in [3.8, 4) is 0 Å². The third-order valence-electron chi connectivity index (χ3n) is 4.90. The van der Waals surface area contributed by atoms with Crippen molar-refractivity contribution in [2.75, 3.05) is 26.7 Å². The van der Waals surface area contributed by atoms with Crippen molar-refractivity contribution in [2.45, 2.75) is 60.0 Å². The topological polar surface area (TPSA) is 71.7 Å². The van der Waals surface area contributed by atoms with Gasteiger partial charge in [-0.1, -0.05) is 25.9 Å². The molecule has 1 aromatic rings. The lowest BCUT2D eigenvalue weighted by molar-refractivity contribution is -0.0835. The zero-order valence-corrected chi connectivity index (χ0v) is 19.3. The van der Waals surface area contributed by atoms with E-state index in [1.807, 2.05) is 20.9 Å². The second-order valence-corrected chi connectivity index (χ2v) is 7.99. The number of nitrogens with zero attached hydrogens (tertiary/aromatic N) is 2. The first-order valence-electron chi connectivity index (χ1n) is 9.30. The molecule has 2 N–H and O–H groups in total. The first kappa shape index (κ1) is 23.2. The molecule has 0 aliphatic carbocycles. The molecule has 2 atom stereocenters. The summed E-state index contributed by atoms with van der Waals surface area (Å²) in [6, 6.07) is 0. The second kappa shape index (κ2) is 10.5. The highest BCUT2D eigenvalue weighted by molar-refractivity contribution is 14.0. The van der Waals surface area contributed by atoms with Gasteiger partial charge in [-0.3, -0.25) is 4.99 Å². The number of aliphatic imine (C=N–C) groups is 1. The number of guanidine groups is 1. The van der Waals surface area contributed by atoms with E-state index in [4.69, 9.17) is 9.26 Å². The van der Waals surface area contributed by atoms with Gasteiger partial charge in [-0.05, 0) is 38.5 Å². The van der Waals surface area contributed by atoms with Crippen LogP contribution in [-0.4, -0.2) is 44.0 Å². The Morgan fingerprint density at radius 2 is 2.00 bits per heavy atom. The first-order chi connectivity index (χ1) is 11.8. The second-order valence-electron chi connectivity index (χ2n) is 7.99. The molecule has 6 nitrogen and oxygen atoms in total. The van der Waals surface area contributed by atoms with Crippen molar-refractivity contribution in [2.24, 2.45) is 16.3 Å². The SMILES string of the molecule is CN=C(NCCc1c(C)noc1C)NCC1CCCOC1C(C)(C)C.I. The van der Waals surface area contributed by atoms with Crippen molar-refractivity contribution >= 4 is 29.9 Å². The summed E-state index contributed by atoms with van der Waals surface area (Å²) in [5.41, 5.74) is 2.30. The fourth-order valence-electron chi connectivity index (χ4n) is 3.62. The normalized spacial score (nSPS) is 21.2. The molecule has 150 valence electrons. The average molecular weight is 478 g/mol. The summed E-state index contributed by atoms with van der Waals surface area (Å²) in [7, 11) is 1.81. The van der Waals surface area contributed by atoms with Gasteiger partial charge < -0.3 is 19.9 Å². The number of rotatable bonds is 5. The quantitative estimate of drug-likeness (QED) is 0.386. The minimum absolute atomic E-state index is 0. The lowest BCUT2D eigenvalue weighted by atomic mass is 9.78. The molecular formula is C19H35IN4O2. The Morgan fingerprint density at radius 3 is 2.58 bits per heavy atom. The van der Waals surface area contributed by atoms with Gasteiger partial charge in [-0.2, -0.15) is 0 Å². The van der Waals surface area contributed by atoms with Crippen LogP contribution in [0.1, 0.15) is 50.6 Å². The molecular weight excluding hydrogens is 443 g/mol. The molecule has 1 aliphatic rings. The summed E-state index contributed by atoms with van der Waals surface area (Å²) in [6.07, 6.45) is 3.50. The number of hydrogen-bond donors (Lipinski definition) is 2. The van der Waals surface area contributed by atoms with E-state index in [0.29, 0.717) is 5.92 Å². The maximum absolute atomic E-state index is 6.06. The van der Waals surface area contributed by atoms with E-state index in [1.54, 1.807) is 0 Å². The fraction of sp³-hybridized carbons (Fsp3) is 0.789. The molecule has 0 spiro atoms. The Labute approximate surface area is 174 Å². The highest BCUT2D eigenvalue weighted by atomic mass is 127. The summed E-state index contributed by atoms with van der Waals surface area (Å²) in [4.78, 5) is 4.34. The summed E-state index contributed by atoms with van der Waals surface area (Å²) in [5.74, 6) is 2.24. The van der Waals surface area contributed by atoms with Gasteiger partial charge in [0.05, 0.1) is 11.8 Å². The number of ether oxygens (including phenoxy) is 1. The van der Waals surface area contributed by atoms with Gasteiger partial charge >= 0.3 is 0 Å². The van der Waals surface area contributed by atoms with Crippen LogP contribution in [0.4, 0.5) is 0 Å². The molecule has 1 fully saturated rings. The van der Waals surface area contributed by atoms with Crippen molar-refractivity contribution in [1.82, 2.24) is 15.8 Å². The van der Waals surface area contributed by atoms with Crippen molar-refractivity contribution in [1.29, 1.82) is 0 Å². The van der Waals surface area contributed by atoms with Gasteiger partial charge in [-0.25, -0.2) is 0 Å². The summed E-state index contributed by atoms with van der Waals surface area (Å²) >= 11 is 0. The zero-order chi connectivity index (χ0) is 18.4. The van der Waals surface area contributed by atoms with E-state index in [9.17, 15) is 0 Å². The molecule has 2 unspecified atom stereocenters. The van der Waals surface area contributed by atoms with Gasteiger partial charge in [0.1, 0.15) is 5.76 Å². The number of halogens is 1. The van der Waals surface area contributed by atoms with Crippen LogP contribution < -0.4 is 10.6 Å². The number of aromatic nitrogens is 1. The van der Waals surface area contributed by atoms with Gasteiger partial charge in [0.2, 0.25) is 0 Å². The van der Waals surface area contributed by atoms with E-state index in [-0.39, 0.29) is 35.5 Å². The molecule has 0 saturated carbocycles. The minimum Gasteiger partial charge on any atom is -0.377 e. The number of nitrogens with one attached hydrogen (secondary N) is 2. The maximum atomic E-state index is 6.06. The largest absolute Gasteiger partial charge is 0.377 e. The molecule has 1 saturated heterocycles. The smallest absolute Gasteiger partial charge is 0.190 e. The van der Waals surface area contributed by atoms with Crippen molar-refractivity contribution in [3.63, 3.8) is 0 Å². The van der Waals surface area contributed by atoms with E-state index in [1.165, 1.54) is 12.0 Å². The molecule has 0 radical (unpaired) electrons. The Bertz CT molecular complexity index is 561. The lowest BCUT2D eigenvalue weighted by Crippen LogP contribution is -2.47. The average Bonchev–Trinajstić information content (AvgIpc) is 2.89. The van der Waals surface area contributed by atoms with E-state index >= 15 is 0 Å². The minimum atomic E-state index is 0. The third kappa shape index (κ3) is 6.40. The molecule has 0 aromatic carbocycles. The molecule has 26 heavy (non-hydrogen) atoms. The van der Waals surface area contributed by atoms with Gasteiger partial charge in [0, 0.05) is 38.2 Å². The van der Waals surface area contributed by atoms with Crippen LogP contribution in [0.25, 0.3) is 0 Å². The van der Waals surface area contributed by atoms with Gasteiger partial charge in [0.15, 0.2) is 5.96 Å². The molecule has 2 rings (SSSR count). The van der Waals surface area contributed by atoms with Crippen LogP contribution in [0.3, 0.4) is 0 Å². The predicted octanol–water partition coefficient (Wildman–Crippen LogP) is 3.46. The fourth-order valence-corrected chi connectivity index (χ4v) is 3.62. The van der Waals surface area contributed by atoms with Crippen molar-refractivity contribution < 1.29 is 9.26 Å². The molecule has 1 aromatic heterocycles. The highest BCUT2D eigenvalue weighted by Crippen LogP contribution is 2.33. The Kier molecular flexibility index (Phi) is 9.36. The Hall–Kier alpha value is -0.830. The van der Waals surface area contributed by atoms with E-state index < -0.39 is 0 Å². The predicted molar refractivity (Wildman–Crippen MR) is 116 cm³/mol. The third-order valence-corrected chi connectivity index (χ3v) is 4.90. The van der Waals surface area contributed by atoms with Crippen LogP contribution in [-0.2, 0) is 11.2 Å². The van der Waals surface area contributed by atoms with E-state index in [2.05, 4.69) is 41.6 Å². The van der Waals surface area contributed by atoms with Crippen LogP contribution in [0.5, 0.6) is 0 Å². The zero-order valence-electron chi connectivity index (χ0n) is 17.0. The Morgan fingerprint density at radius 1 is 1.27 bits per heavy atom. The molecule has 0 bridgehead atoms. The lowest BCUT2D eigenvalue weighted by Gasteiger charge is -2.40. The molecule has 7 heteroatoms. The van der Waals surface area contributed by atoms with Crippen LogP contribution in [0, 0.1) is 25.2 Å². The van der Waals surface area contributed by atoms with Crippen LogP contribution in [0.2, 0.25) is 0 Å². The molecule has 2 heterocycles.